The second-order valence-corrected chi connectivity index (χ2v) is 7.12. The predicted molar refractivity (Wildman–Crippen MR) is 65.3 cm³/mol. The summed E-state index contributed by atoms with van der Waals surface area (Å²) < 4.78 is 32.0. The van der Waals surface area contributed by atoms with E-state index in [1.807, 2.05) is 13.8 Å². The van der Waals surface area contributed by atoms with E-state index in [0.29, 0.717) is 38.4 Å². The second kappa shape index (κ2) is 5.67. The SMILES string of the molecule is CC(C)(CCCl)NS(=O)(=O)C1CCOCC1. The van der Waals surface area contributed by atoms with Crippen molar-refractivity contribution >= 4 is 21.6 Å². The number of rotatable bonds is 5. The van der Waals surface area contributed by atoms with Gasteiger partial charge in [-0.1, -0.05) is 0 Å². The van der Waals surface area contributed by atoms with E-state index in [-0.39, 0.29) is 5.25 Å². The number of halogens is 1. The fourth-order valence-electron chi connectivity index (χ4n) is 1.74. The number of ether oxygens (including phenoxy) is 1. The summed E-state index contributed by atoms with van der Waals surface area (Å²) in [6.45, 7) is 4.77. The van der Waals surface area contributed by atoms with Gasteiger partial charge in [-0.05, 0) is 33.1 Å². The number of hydrogen-bond donors (Lipinski definition) is 1. The first-order valence-corrected chi connectivity index (χ1v) is 7.62. The van der Waals surface area contributed by atoms with Crippen LogP contribution in [-0.4, -0.2) is 38.3 Å². The van der Waals surface area contributed by atoms with Gasteiger partial charge < -0.3 is 4.74 Å². The van der Waals surface area contributed by atoms with Crippen molar-refractivity contribution in [3.05, 3.63) is 0 Å². The molecular weight excluding hydrogens is 250 g/mol. The molecule has 16 heavy (non-hydrogen) atoms. The molecular formula is C10H20ClNO3S. The van der Waals surface area contributed by atoms with Gasteiger partial charge in [0.05, 0.1) is 5.25 Å². The van der Waals surface area contributed by atoms with Crippen LogP contribution in [0.1, 0.15) is 33.1 Å². The van der Waals surface area contributed by atoms with Crippen molar-refractivity contribution in [3.8, 4) is 0 Å². The zero-order valence-corrected chi connectivity index (χ0v) is 11.4. The monoisotopic (exact) mass is 269 g/mol. The van der Waals surface area contributed by atoms with E-state index in [0.717, 1.165) is 0 Å². The third-order valence-corrected chi connectivity index (χ3v) is 5.12. The highest BCUT2D eigenvalue weighted by Gasteiger charge is 2.32. The fourth-order valence-corrected chi connectivity index (χ4v) is 4.07. The van der Waals surface area contributed by atoms with E-state index in [1.54, 1.807) is 0 Å². The molecule has 0 aromatic rings. The molecule has 0 radical (unpaired) electrons. The molecule has 6 heteroatoms. The molecule has 0 amide bonds. The first kappa shape index (κ1) is 14.2. The van der Waals surface area contributed by atoms with Crippen molar-refractivity contribution in [2.45, 2.75) is 43.9 Å². The Balaban J connectivity index is 2.63. The van der Waals surface area contributed by atoms with Crippen LogP contribution < -0.4 is 4.72 Å². The van der Waals surface area contributed by atoms with Crippen LogP contribution in [0.4, 0.5) is 0 Å². The van der Waals surface area contributed by atoms with Gasteiger partial charge in [0.1, 0.15) is 0 Å². The summed E-state index contributed by atoms with van der Waals surface area (Å²) in [5.41, 5.74) is -0.473. The first-order valence-electron chi connectivity index (χ1n) is 5.54. The van der Waals surface area contributed by atoms with Gasteiger partial charge in [-0.25, -0.2) is 13.1 Å². The Morgan fingerprint density at radius 3 is 2.44 bits per heavy atom. The quantitative estimate of drug-likeness (QED) is 0.770. The third kappa shape index (κ3) is 4.20. The maximum absolute atomic E-state index is 12.1. The minimum atomic E-state index is -3.25. The lowest BCUT2D eigenvalue weighted by Gasteiger charge is -2.29. The average molecular weight is 270 g/mol. The summed E-state index contributed by atoms with van der Waals surface area (Å²) in [6, 6.07) is 0. The lowest BCUT2D eigenvalue weighted by Crippen LogP contribution is -2.48. The molecule has 0 aliphatic carbocycles. The largest absolute Gasteiger partial charge is 0.381 e. The predicted octanol–water partition coefficient (Wildman–Crippen LogP) is 1.49. The van der Waals surface area contributed by atoms with Crippen LogP contribution in [0.5, 0.6) is 0 Å². The molecule has 0 aromatic heterocycles. The van der Waals surface area contributed by atoms with Gasteiger partial charge in [0.15, 0.2) is 0 Å². The number of sulfonamides is 1. The molecule has 0 bridgehead atoms. The van der Waals surface area contributed by atoms with Crippen molar-refractivity contribution in [3.63, 3.8) is 0 Å². The van der Waals surface area contributed by atoms with Crippen molar-refractivity contribution < 1.29 is 13.2 Å². The van der Waals surface area contributed by atoms with Crippen LogP contribution in [0, 0.1) is 0 Å². The van der Waals surface area contributed by atoms with Crippen LogP contribution in [0.15, 0.2) is 0 Å². The Bertz CT molecular complexity index is 310. The lowest BCUT2D eigenvalue weighted by molar-refractivity contribution is 0.0979. The standard InChI is InChI=1S/C10H20ClNO3S/c1-10(2,5-6-11)12-16(13,14)9-3-7-15-8-4-9/h9,12H,3-8H2,1-2H3. The van der Waals surface area contributed by atoms with E-state index in [9.17, 15) is 8.42 Å². The van der Waals surface area contributed by atoms with E-state index in [4.69, 9.17) is 16.3 Å². The normalized spacial score (nSPS) is 19.9. The topological polar surface area (TPSA) is 55.4 Å². The maximum atomic E-state index is 12.1. The van der Waals surface area contributed by atoms with Crippen molar-refractivity contribution in [1.29, 1.82) is 0 Å². The van der Waals surface area contributed by atoms with Gasteiger partial charge in [0, 0.05) is 24.6 Å². The summed E-state index contributed by atoms with van der Waals surface area (Å²) in [4.78, 5) is 0. The van der Waals surface area contributed by atoms with E-state index in [1.165, 1.54) is 0 Å². The molecule has 1 rings (SSSR count). The van der Waals surface area contributed by atoms with Crippen LogP contribution in [-0.2, 0) is 14.8 Å². The van der Waals surface area contributed by atoms with Crippen LogP contribution in [0.25, 0.3) is 0 Å². The highest BCUT2D eigenvalue weighted by atomic mass is 35.5. The van der Waals surface area contributed by atoms with Gasteiger partial charge in [-0.15, -0.1) is 11.6 Å². The Hall–Kier alpha value is 0.160. The van der Waals surface area contributed by atoms with Gasteiger partial charge in [0.2, 0.25) is 10.0 Å². The van der Waals surface area contributed by atoms with Crippen LogP contribution >= 0.6 is 11.6 Å². The van der Waals surface area contributed by atoms with Crippen molar-refractivity contribution in [1.82, 2.24) is 4.72 Å². The number of hydrogen-bond acceptors (Lipinski definition) is 3. The maximum Gasteiger partial charge on any atom is 0.215 e. The minimum absolute atomic E-state index is 0.323. The highest BCUT2D eigenvalue weighted by molar-refractivity contribution is 7.90. The molecule has 0 unspecified atom stereocenters. The Morgan fingerprint density at radius 1 is 1.38 bits per heavy atom. The summed E-state index contributed by atoms with van der Waals surface area (Å²) in [6.07, 6.45) is 1.77. The zero-order chi connectivity index (χ0) is 12.2. The molecule has 0 spiro atoms. The molecule has 4 nitrogen and oxygen atoms in total. The van der Waals surface area contributed by atoms with Crippen molar-refractivity contribution in [2.75, 3.05) is 19.1 Å². The molecule has 0 aromatic carbocycles. The van der Waals surface area contributed by atoms with Crippen molar-refractivity contribution in [2.24, 2.45) is 0 Å². The first-order chi connectivity index (χ1) is 7.37. The zero-order valence-electron chi connectivity index (χ0n) is 9.83. The average Bonchev–Trinajstić information content (AvgIpc) is 2.17. The highest BCUT2D eigenvalue weighted by Crippen LogP contribution is 2.19. The smallest absolute Gasteiger partial charge is 0.215 e. The third-order valence-electron chi connectivity index (χ3n) is 2.75. The van der Waals surface area contributed by atoms with Crippen LogP contribution in [0.2, 0.25) is 0 Å². The molecule has 1 heterocycles. The van der Waals surface area contributed by atoms with E-state index in [2.05, 4.69) is 4.72 Å². The molecule has 0 saturated carbocycles. The molecule has 96 valence electrons. The molecule has 0 atom stereocenters. The van der Waals surface area contributed by atoms with Gasteiger partial charge in [-0.2, -0.15) is 0 Å². The summed E-state index contributed by atoms with van der Waals surface area (Å²) in [7, 11) is -3.25. The molecule has 1 aliphatic rings. The molecule has 1 aliphatic heterocycles. The summed E-state index contributed by atoms with van der Waals surface area (Å²) in [5, 5.41) is -0.323. The number of nitrogens with one attached hydrogen (secondary N) is 1. The van der Waals surface area contributed by atoms with Gasteiger partial charge >= 0.3 is 0 Å². The Labute approximate surface area is 103 Å². The molecule has 1 fully saturated rings. The number of alkyl halides is 1. The van der Waals surface area contributed by atoms with Gasteiger partial charge in [-0.3, -0.25) is 0 Å². The summed E-state index contributed by atoms with van der Waals surface area (Å²) >= 11 is 5.65. The second-order valence-electron chi connectivity index (χ2n) is 4.78. The van der Waals surface area contributed by atoms with E-state index < -0.39 is 15.6 Å². The minimum Gasteiger partial charge on any atom is -0.381 e. The Kier molecular flexibility index (Phi) is 5.04. The fraction of sp³-hybridized carbons (Fsp3) is 1.00. The lowest BCUT2D eigenvalue weighted by atomic mass is 10.0. The van der Waals surface area contributed by atoms with Crippen LogP contribution in [0.3, 0.4) is 0 Å². The van der Waals surface area contributed by atoms with E-state index >= 15 is 0 Å². The summed E-state index contributed by atoms with van der Waals surface area (Å²) in [5.74, 6) is 0.448. The van der Waals surface area contributed by atoms with Gasteiger partial charge in [0.25, 0.3) is 0 Å². The Morgan fingerprint density at radius 2 is 1.94 bits per heavy atom. The molecule has 1 N–H and O–H groups in total. The molecule has 1 saturated heterocycles.